The van der Waals surface area contributed by atoms with E-state index in [4.69, 9.17) is 18.9 Å². The van der Waals surface area contributed by atoms with E-state index < -0.39 is 6.80 Å². The van der Waals surface area contributed by atoms with E-state index in [1.807, 2.05) is 0 Å². The lowest BCUT2D eigenvalue weighted by Crippen LogP contribution is -1.96. The molecule has 0 aliphatic heterocycles. The maximum atomic E-state index is 11.5. The highest BCUT2D eigenvalue weighted by atomic mass is 32.7. The van der Waals surface area contributed by atoms with Gasteiger partial charge in [-0.2, -0.15) is 15.4 Å². The minimum absolute atomic E-state index is 0.280. The molecule has 0 aliphatic rings. The third-order valence-corrected chi connectivity index (χ3v) is 6.20. The average molecular weight is 453 g/mol. The largest absolute Gasteiger partial charge is 0.496 e. The molecule has 0 atom stereocenters. The molecule has 160 valence electrons. The van der Waals surface area contributed by atoms with E-state index in [0.717, 1.165) is 0 Å². The molecule has 2 aromatic carbocycles. The lowest BCUT2D eigenvalue weighted by atomic mass is 10.0. The summed E-state index contributed by atoms with van der Waals surface area (Å²) in [6, 6.07) is 8.39. The molecule has 0 saturated carbocycles. The van der Waals surface area contributed by atoms with Gasteiger partial charge in [0.05, 0.1) is 33.3 Å². The van der Waals surface area contributed by atoms with Crippen LogP contribution in [0.3, 0.4) is 0 Å². The Kier molecular flexibility index (Phi) is 6.57. The van der Waals surface area contributed by atoms with Crippen LogP contribution in [0, 0.1) is 0 Å². The third kappa shape index (κ3) is 4.54. The molecule has 0 fully saturated rings. The van der Waals surface area contributed by atoms with Crippen LogP contribution in [0.4, 0.5) is 0 Å². The van der Waals surface area contributed by atoms with Gasteiger partial charge in [-0.25, -0.2) is 4.57 Å². The number of aromatic nitrogens is 3. The van der Waals surface area contributed by atoms with Crippen molar-refractivity contribution < 1.29 is 33.3 Å². The van der Waals surface area contributed by atoms with Crippen molar-refractivity contribution in [3.63, 3.8) is 0 Å². The molecule has 1 heterocycles. The molecule has 3 N–H and O–H groups in total. The van der Waals surface area contributed by atoms with Gasteiger partial charge in [-0.1, -0.05) is 0 Å². The molecular formula is C18H20N3O7PS. The summed E-state index contributed by atoms with van der Waals surface area (Å²) in [6.45, 7) is -4.38. The number of aromatic amines is 1. The fraction of sp³-hybridized carbons (Fsp3) is 0.222. The fourth-order valence-corrected chi connectivity index (χ4v) is 4.75. The molecule has 3 rings (SSSR count). The van der Waals surface area contributed by atoms with Crippen molar-refractivity contribution in [2.45, 2.75) is 4.90 Å². The number of nitrogens with zero attached hydrogens (tertiary/aromatic N) is 2. The summed E-state index contributed by atoms with van der Waals surface area (Å²) in [5.74, 6) is 1.69. The Hall–Kier alpha value is -2.72. The third-order valence-electron chi connectivity index (χ3n) is 4.14. The standard InChI is InChI=1S/C18H20N3O7PS/c1-25-12-6-5-10(9-15(12)30-29(22,23)24)16-17(20-21-19-16)11-7-13(26-2)18(28-4)14(8-11)27-3/h5-9H,1-4H3,(H,19,20,21)(H2,22,23,24). The molecule has 3 aromatic rings. The Balaban J connectivity index is 2.13. The SMILES string of the molecule is COc1ccc(-c2n[nH]nc2-c2cc(OC)c(OC)c(OC)c2)cc1SP(=O)(O)O. The van der Waals surface area contributed by atoms with Gasteiger partial charge in [0.25, 0.3) is 0 Å². The summed E-state index contributed by atoms with van der Waals surface area (Å²) in [4.78, 5) is 19.0. The van der Waals surface area contributed by atoms with E-state index in [9.17, 15) is 14.4 Å². The number of H-pyrrole nitrogens is 1. The molecule has 0 saturated heterocycles. The first-order valence-corrected chi connectivity index (χ1v) is 11.5. The molecule has 10 nitrogen and oxygen atoms in total. The lowest BCUT2D eigenvalue weighted by molar-refractivity contribution is 0.324. The van der Waals surface area contributed by atoms with Gasteiger partial charge in [0.1, 0.15) is 17.1 Å². The van der Waals surface area contributed by atoms with Crippen LogP contribution in [0.15, 0.2) is 35.2 Å². The van der Waals surface area contributed by atoms with Crippen LogP contribution in [-0.2, 0) is 4.57 Å². The van der Waals surface area contributed by atoms with Crippen LogP contribution in [0.5, 0.6) is 23.0 Å². The summed E-state index contributed by atoms with van der Waals surface area (Å²) < 4.78 is 32.8. The maximum absolute atomic E-state index is 11.5. The Bertz CT molecular complexity index is 1070. The molecular weight excluding hydrogens is 433 g/mol. The van der Waals surface area contributed by atoms with Gasteiger partial charge in [-0.05, 0) is 41.7 Å². The highest BCUT2D eigenvalue weighted by Crippen LogP contribution is 2.57. The van der Waals surface area contributed by atoms with Crippen LogP contribution >= 0.6 is 18.2 Å². The van der Waals surface area contributed by atoms with Gasteiger partial charge in [0, 0.05) is 11.1 Å². The second-order valence-corrected chi connectivity index (χ2v) is 9.46. The second-order valence-electron chi connectivity index (χ2n) is 5.88. The highest BCUT2D eigenvalue weighted by molar-refractivity contribution is 8.54. The van der Waals surface area contributed by atoms with Crippen molar-refractivity contribution >= 4 is 18.2 Å². The first-order chi connectivity index (χ1) is 14.3. The quantitative estimate of drug-likeness (QED) is 0.436. The topological polar surface area (TPSA) is 136 Å². The zero-order valence-electron chi connectivity index (χ0n) is 16.6. The van der Waals surface area contributed by atoms with Gasteiger partial charge in [-0.15, -0.1) is 0 Å². The highest BCUT2D eigenvalue weighted by Gasteiger charge is 2.22. The summed E-state index contributed by atoms with van der Waals surface area (Å²) in [5, 5.41) is 11.0. The predicted molar refractivity (Wildman–Crippen MR) is 111 cm³/mol. The molecule has 0 unspecified atom stereocenters. The Morgan fingerprint density at radius 2 is 1.40 bits per heavy atom. The van der Waals surface area contributed by atoms with E-state index >= 15 is 0 Å². The molecule has 1 aromatic heterocycles. The number of hydrogen-bond donors (Lipinski definition) is 3. The van der Waals surface area contributed by atoms with Gasteiger partial charge < -0.3 is 28.7 Å². The van der Waals surface area contributed by atoms with Gasteiger partial charge in [0.15, 0.2) is 11.5 Å². The van der Waals surface area contributed by atoms with Crippen LogP contribution < -0.4 is 18.9 Å². The molecule has 0 bridgehead atoms. The summed E-state index contributed by atoms with van der Waals surface area (Å²) >= 11 is 0.409. The van der Waals surface area contributed by atoms with E-state index in [-0.39, 0.29) is 4.90 Å². The van der Waals surface area contributed by atoms with Crippen LogP contribution in [0.25, 0.3) is 22.5 Å². The number of rotatable bonds is 8. The van der Waals surface area contributed by atoms with Crippen molar-refractivity contribution in [3.05, 3.63) is 30.3 Å². The lowest BCUT2D eigenvalue weighted by Gasteiger charge is -2.14. The molecule has 0 aliphatic carbocycles. The molecule has 0 amide bonds. The van der Waals surface area contributed by atoms with Crippen molar-refractivity contribution in [2.75, 3.05) is 28.4 Å². The minimum atomic E-state index is -4.38. The number of methoxy groups -OCH3 is 4. The van der Waals surface area contributed by atoms with E-state index in [1.54, 1.807) is 30.3 Å². The van der Waals surface area contributed by atoms with Gasteiger partial charge in [0.2, 0.25) is 5.75 Å². The number of benzene rings is 2. The van der Waals surface area contributed by atoms with E-state index in [1.165, 1.54) is 28.4 Å². The normalized spacial score (nSPS) is 11.3. The first kappa shape index (κ1) is 22.0. The molecule has 0 spiro atoms. The Labute approximate surface area is 176 Å². The first-order valence-electron chi connectivity index (χ1n) is 8.46. The van der Waals surface area contributed by atoms with Crippen LogP contribution in [0.1, 0.15) is 0 Å². The van der Waals surface area contributed by atoms with Crippen molar-refractivity contribution in [1.29, 1.82) is 0 Å². The minimum Gasteiger partial charge on any atom is -0.496 e. The second kappa shape index (κ2) is 8.97. The van der Waals surface area contributed by atoms with Crippen molar-refractivity contribution in [3.8, 4) is 45.5 Å². The summed E-state index contributed by atoms with van der Waals surface area (Å²) in [5.41, 5.74) is 2.20. The Morgan fingerprint density at radius 1 is 0.833 bits per heavy atom. The predicted octanol–water partition coefficient (Wildman–Crippen LogP) is 3.36. The molecule has 12 heteroatoms. The molecule has 0 radical (unpaired) electrons. The zero-order valence-corrected chi connectivity index (χ0v) is 18.3. The average Bonchev–Trinajstić information content (AvgIpc) is 3.21. The summed E-state index contributed by atoms with van der Waals surface area (Å²) in [6.07, 6.45) is 0. The van der Waals surface area contributed by atoms with Crippen molar-refractivity contribution in [2.24, 2.45) is 0 Å². The zero-order chi connectivity index (χ0) is 21.9. The van der Waals surface area contributed by atoms with Crippen LogP contribution in [0.2, 0.25) is 0 Å². The van der Waals surface area contributed by atoms with E-state index in [2.05, 4.69) is 15.4 Å². The van der Waals surface area contributed by atoms with Crippen LogP contribution in [-0.4, -0.2) is 53.6 Å². The van der Waals surface area contributed by atoms with E-state index in [0.29, 0.717) is 56.9 Å². The maximum Gasteiger partial charge on any atom is 0.388 e. The van der Waals surface area contributed by atoms with Gasteiger partial charge in [-0.3, -0.25) is 0 Å². The number of hydrogen-bond acceptors (Lipinski definition) is 8. The Morgan fingerprint density at radius 3 is 1.90 bits per heavy atom. The van der Waals surface area contributed by atoms with Gasteiger partial charge >= 0.3 is 6.80 Å². The summed E-state index contributed by atoms with van der Waals surface area (Å²) in [7, 11) is 5.97. The fourth-order valence-electron chi connectivity index (χ4n) is 2.87. The molecule has 30 heavy (non-hydrogen) atoms. The van der Waals surface area contributed by atoms with Crippen molar-refractivity contribution in [1.82, 2.24) is 15.4 Å². The monoisotopic (exact) mass is 453 g/mol. The number of ether oxygens (including phenoxy) is 4. The number of nitrogens with one attached hydrogen (secondary N) is 1. The smallest absolute Gasteiger partial charge is 0.388 e.